The van der Waals surface area contributed by atoms with Gasteiger partial charge in [0.2, 0.25) is 0 Å². The van der Waals surface area contributed by atoms with E-state index in [-0.39, 0.29) is 16.3 Å². The number of benzene rings is 1. The van der Waals surface area contributed by atoms with E-state index in [1.54, 1.807) is 20.8 Å². The van der Waals surface area contributed by atoms with Crippen molar-refractivity contribution in [2.24, 2.45) is 0 Å². The first-order valence-corrected chi connectivity index (χ1v) is 7.18. The molecule has 8 heteroatoms. The standard InChI is InChI=1S/C15H19ClN2O5/c1-14(2,3)23-13(20)17(5)15(4,9-19)12-10(16)7-6-8-11(12)18(21)22/h6-9H,1-5H3. The molecule has 0 bridgehead atoms. The van der Waals surface area contributed by atoms with Gasteiger partial charge in [0.25, 0.3) is 5.69 Å². The SMILES string of the molecule is CN(C(=O)OC(C)(C)C)C(C)(C=O)c1c(Cl)cccc1[N+](=O)[O-]. The minimum absolute atomic E-state index is 0.0178. The second-order valence-electron chi connectivity index (χ2n) is 6.20. The highest BCUT2D eigenvalue weighted by Crippen LogP contribution is 2.38. The summed E-state index contributed by atoms with van der Waals surface area (Å²) < 4.78 is 5.22. The highest BCUT2D eigenvalue weighted by Gasteiger charge is 2.42. The molecule has 126 valence electrons. The number of nitrogens with zero attached hydrogens (tertiary/aromatic N) is 2. The number of amides is 1. The van der Waals surface area contributed by atoms with Crippen LogP contribution in [-0.4, -0.2) is 34.9 Å². The van der Waals surface area contributed by atoms with Gasteiger partial charge in [0.15, 0.2) is 0 Å². The van der Waals surface area contributed by atoms with Crippen LogP contribution in [0.1, 0.15) is 33.3 Å². The maximum absolute atomic E-state index is 12.3. The molecule has 0 spiro atoms. The van der Waals surface area contributed by atoms with Gasteiger partial charge in [-0.1, -0.05) is 17.7 Å². The molecule has 1 aromatic carbocycles. The lowest BCUT2D eigenvalue weighted by atomic mass is 9.90. The fraction of sp³-hybridized carbons (Fsp3) is 0.467. The number of ether oxygens (including phenoxy) is 1. The van der Waals surface area contributed by atoms with Crippen molar-refractivity contribution in [3.8, 4) is 0 Å². The van der Waals surface area contributed by atoms with Gasteiger partial charge in [-0.2, -0.15) is 0 Å². The van der Waals surface area contributed by atoms with E-state index in [2.05, 4.69) is 0 Å². The van der Waals surface area contributed by atoms with E-state index in [4.69, 9.17) is 16.3 Å². The number of likely N-dealkylation sites (N-methyl/N-ethyl adjacent to an activating group) is 1. The Morgan fingerprint density at radius 3 is 2.35 bits per heavy atom. The topological polar surface area (TPSA) is 89.8 Å². The van der Waals surface area contributed by atoms with E-state index in [0.29, 0.717) is 6.29 Å². The molecule has 0 aromatic heterocycles. The first kappa shape index (κ1) is 18.9. The van der Waals surface area contributed by atoms with Crippen LogP contribution in [0.5, 0.6) is 0 Å². The van der Waals surface area contributed by atoms with Crippen LogP contribution in [0, 0.1) is 10.1 Å². The van der Waals surface area contributed by atoms with E-state index in [1.165, 1.54) is 32.2 Å². The normalized spacial score (nSPS) is 13.8. The number of hydrogen-bond acceptors (Lipinski definition) is 5. The summed E-state index contributed by atoms with van der Waals surface area (Å²) in [7, 11) is 1.33. The molecule has 1 unspecified atom stereocenters. The number of carbonyl (C=O) groups excluding carboxylic acids is 2. The van der Waals surface area contributed by atoms with Crippen LogP contribution in [0.4, 0.5) is 10.5 Å². The second kappa shape index (κ2) is 6.54. The van der Waals surface area contributed by atoms with Crippen LogP contribution in [0.25, 0.3) is 0 Å². The van der Waals surface area contributed by atoms with Crippen molar-refractivity contribution in [3.63, 3.8) is 0 Å². The molecule has 0 heterocycles. The molecule has 0 radical (unpaired) electrons. The lowest BCUT2D eigenvalue weighted by molar-refractivity contribution is -0.386. The van der Waals surface area contributed by atoms with Crippen LogP contribution in [-0.2, 0) is 15.1 Å². The van der Waals surface area contributed by atoms with Crippen molar-refractivity contribution in [1.29, 1.82) is 0 Å². The fourth-order valence-corrected chi connectivity index (χ4v) is 2.35. The van der Waals surface area contributed by atoms with Crippen molar-refractivity contribution in [2.75, 3.05) is 7.05 Å². The second-order valence-corrected chi connectivity index (χ2v) is 6.60. The number of nitro groups is 1. The van der Waals surface area contributed by atoms with Gasteiger partial charge in [0.1, 0.15) is 17.4 Å². The third-order valence-electron chi connectivity index (χ3n) is 3.29. The third kappa shape index (κ3) is 3.98. The first-order valence-electron chi connectivity index (χ1n) is 6.80. The Morgan fingerprint density at radius 2 is 1.91 bits per heavy atom. The molecule has 1 rings (SSSR count). The Balaban J connectivity index is 3.44. The smallest absolute Gasteiger partial charge is 0.411 e. The Bertz CT molecular complexity index is 641. The van der Waals surface area contributed by atoms with Gasteiger partial charge in [-0.25, -0.2) is 4.79 Å². The summed E-state index contributed by atoms with van der Waals surface area (Å²) in [6.45, 7) is 6.40. The zero-order valence-electron chi connectivity index (χ0n) is 13.6. The van der Waals surface area contributed by atoms with Crippen molar-refractivity contribution < 1.29 is 19.2 Å². The molecule has 0 saturated carbocycles. The molecule has 0 aliphatic rings. The van der Waals surface area contributed by atoms with Gasteiger partial charge in [0.05, 0.1) is 15.5 Å². The maximum atomic E-state index is 12.3. The number of nitro benzene ring substituents is 1. The summed E-state index contributed by atoms with van der Waals surface area (Å²) in [4.78, 5) is 35.6. The first-order chi connectivity index (χ1) is 10.4. The number of hydrogen-bond donors (Lipinski definition) is 0. The highest BCUT2D eigenvalue weighted by molar-refractivity contribution is 6.32. The Kier molecular flexibility index (Phi) is 5.37. The van der Waals surface area contributed by atoms with E-state index < -0.39 is 22.2 Å². The van der Waals surface area contributed by atoms with Gasteiger partial charge in [-0.05, 0) is 33.8 Å². The summed E-state index contributed by atoms with van der Waals surface area (Å²) in [5, 5.41) is 11.3. The molecule has 1 aromatic rings. The van der Waals surface area contributed by atoms with Gasteiger partial charge < -0.3 is 9.53 Å². The fourth-order valence-electron chi connectivity index (χ4n) is 1.99. The average Bonchev–Trinajstić information content (AvgIpc) is 2.43. The molecular formula is C15H19ClN2O5. The Labute approximate surface area is 139 Å². The number of carbonyl (C=O) groups is 2. The molecule has 0 fully saturated rings. The number of aldehydes is 1. The Morgan fingerprint density at radius 1 is 1.35 bits per heavy atom. The van der Waals surface area contributed by atoms with Crippen molar-refractivity contribution in [1.82, 2.24) is 4.90 Å². The van der Waals surface area contributed by atoms with Crippen LogP contribution in [0.3, 0.4) is 0 Å². The van der Waals surface area contributed by atoms with E-state index >= 15 is 0 Å². The summed E-state index contributed by atoms with van der Waals surface area (Å²) in [6.07, 6.45) is -0.355. The molecule has 0 saturated heterocycles. The summed E-state index contributed by atoms with van der Waals surface area (Å²) in [6, 6.07) is 4.06. The van der Waals surface area contributed by atoms with Gasteiger partial charge >= 0.3 is 6.09 Å². The average molecular weight is 343 g/mol. The van der Waals surface area contributed by atoms with Crippen LogP contribution < -0.4 is 0 Å². The molecule has 0 aliphatic carbocycles. The van der Waals surface area contributed by atoms with Crippen LogP contribution in [0.15, 0.2) is 18.2 Å². The maximum Gasteiger partial charge on any atom is 0.411 e. The van der Waals surface area contributed by atoms with E-state index in [9.17, 15) is 19.7 Å². The summed E-state index contributed by atoms with van der Waals surface area (Å²) in [5.41, 5.74) is -2.83. The molecule has 7 nitrogen and oxygen atoms in total. The lowest BCUT2D eigenvalue weighted by Crippen LogP contribution is -2.48. The highest BCUT2D eigenvalue weighted by atomic mass is 35.5. The minimum Gasteiger partial charge on any atom is -0.444 e. The van der Waals surface area contributed by atoms with Gasteiger partial charge in [-0.15, -0.1) is 0 Å². The van der Waals surface area contributed by atoms with E-state index in [0.717, 1.165) is 4.90 Å². The lowest BCUT2D eigenvalue weighted by Gasteiger charge is -2.35. The molecular weight excluding hydrogens is 324 g/mol. The van der Waals surface area contributed by atoms with Crippen LogP contribution in [0.2, 0.25) is 5.02 Å². The van der Waals surface area contributed by atoms with Crippen molar-refractivity contribution in [3.05, 3.63) is 38.9 Å². The predicted octanol–water partition coefficient (Wildman–Crippen LogP) is 3.53. The molecule has 23 heavy (non-hydrogen) atoms. The van der Waals surface area contributed by atoms with Crippen molar-refractivity contribution in [2.45, 2.75) is 38.8 Å². The van der Waals surface area contributed by atoms with Crippen molar-refractivity contribution >= 4 is 29.7 Å². The molecule has 1 atom stereocenters. The molecule has 1 amide bonds. The zero-order valence-corrected chi connectivity index (χ0v) is 14.4. The van der Waals surface area contributed by atoms with Gasteiger partial charge in [-0.3, -0.25) is 15.0 Å². The quantitative estimate of drug-likeness (QED) is 0.474. The van der Waals surface area contributed by atoms with E-state index in [1.807, 2.05) is 0 Å². The zero-order chi connectivity index (χ0) is 18.0. The third-order valence-corrected chi connectivity index (χ3v) is 3.60. The van der Waals surface area contributed by atoms with Gasteiger partial charge in [0, 0.05) is 13.1 Å². The molecule has 0 aliphatic heterocycles. The van der Waals surface area contributed by atoms with Crippen LogP contribution >= 0.6 is 11.6 Å². The summed E-state index contributed by atoms with van der Waals surface area (Å²) >= 11 is 6.08. The number of rotatable bonds is 4. The largest absolute Gasteiger partial charge is 0.444 e. The monoisotopic (exact) mass is 342 g/mol. The summed E-state index contributed by atoms with van der Waals surface area (Å²) in [5.74, 6) is 0. The Hall–Kier alpha value is -2.15. The minimum atomic E-state index is -1.65. The molecule has 0 N–H and O–H groups in total. The predicted molar refractivity (Wildman–Crippen MR) is 85.5 cm³/mol. The number of halogens is 1.